The molecule has 5 rings (SSSR count). The molecular weight excluding hydrogens is 521 g/mol. The van der Waals surface area contributed by atoms with E-state index in [-0.39, 0.29) is 22.4 Å². The number of nitrogens with one attached hydrogen (secondary N) is 4. The molecule has 4 N–H and O–H groups in total. The van der Waals surface area contributed by atoms with Crippen LogP contribution in [0.25, 0.3) is 12.2 Å². The van der Waals surface area contributed by atoms with Gasteiger partial charge in [0.15, 0.2) is 0 Å². The molecule has 1 aliphatic rings. The van der Waals surface area contributed by atoms with E-state index in [1.165, 1.54) is 24.3 Å². The van der Waals surface area contributed by atoms with Gasteiger partial charge in [0.05, 0.1) is 5.69 Å². The molecule has 2 aromatic carbocycles. The van der Waals surface area contributed by atoms with Crippen LogP contribution < -0.4 is 31.9 Å². The van der Waals surface area contributed by atoms with Crippen LogP contribution >= 0.6 is 0 Å². The Balaban J connectivity index is 1.46. The molecule has 41 heavy (non-hydrogen) atoms. The molecule has 0 bridgehead atoms. The van der Waals surface area contributed by atoms with Crippen LogP contribution in [0.1, 0.15) is 74.6 Å². The Hall–Kier alpha value is -4.24. The van der Waals surface area contributed by atoms with Crippen LogP contribution in [0.5, 0.6) is 11.5 Å². The summed E-state index contributed by atoms with van der Waals surface area (Å²) in [4.78, 5) is 40.0. The van der Waals surface area contributed by atoms with Crippen LogP contribution in [-0.2, 0) is 0 Å². The van der Waals surface area contributed by atoms with Crippen molar-refractivity contribution in [3.8, 4) is 11.5 Å². The van der Waals surface area contributed by atoms with E-state index in [1.807, 2.05) is 0 Å². The summed E-state index contributed by atoms with van der Waals surface area (Å²) in [5.41, 5.74) is 1.42. The van der Waals surface area contributed by atoms with Crippen LogP contribution in [0.4, 0.5) is 4.39 Å². The summed E-state index contributed by atoms with van der Waals surface area (Å²) in [6, 6.07) is 12.8. The highest BCUT2D eigenvalue weighted by atomic mass is 19.1. The fraction of sp³-hybridized carbons (Fsp3) is 0.344. The number of aromatic nitrogens is 4. The van der Waals surface area contributed by atoms with Crippen LogP contribution in [-0.4, -0.2) is 33.0 Å². The van der Waals surface area contributed by atoms with Crippen molar-refractivity contribution in [2.24, 2.45) is 5.92 Å². The number of hydrogen-bond donors (Lipinski definition) is 4. The van der Waals surface area contributed by atoms with Gasteiger partial charge in [0.1, 0.15) is 33.8 Å². The lowest BCUT2D eigenvalue weighted by Gasteiger charge is -2.29. The van der Waals surface area contributed by atoms with E-state index < -0.39 is 11.1 Å². The lowest BCUT2D eigenvalue weighted by Crippen LogP contribution is -2.46. The highest BCUT2D eigenvalue weighted by Gasteiger charge is 2.27. The molecule has 0 radical (unpaired) electrons. The average molecular weight is 558 g/mol. The molecule has 0 aliphatic carbocycles. The quantitative estimate of drug-likeness (QED) is 0.262. The van der Waals surface area contributed by atoms with Gasteiger partial charge in [0, 0.05) is 11.6 Å². The zero-order chi connectivity index (χ0) is 28.9. The first-order valence-corrected chi connectivity index (χ1v) is 14.2. The maximum atomic E-state index is 13.2. The highest BCUT2D eigenvalue weighted by molar-refractivity contribution is 5.52. The smallest absolute Gasteiger partial charge is 0.272 e. The first-order chi connectivity index (χ1) is 19.8. The Labute approximate surface area is 237 Å². The molecule has 1 aliphatic heterocycles. The molecule has 1 fully saturated rings. The van der Waals surface area contributed by atoms with Crippen molar-refractivity contribution in [3.63, 3.8) is 0 Å². The molecule has 3 heterocycles. The third-order valence-electron chi connectivity index (χ3n) is 7.54. The summed E-state index contributed by atoms with van der Waals surface area (Å²) in [5, 5.41) is 3.76. The normalized spacial score (nSPS) is 17.2. The van der Waals surface area contributed by atoms with Crippen molar-refractivity contribution in [3.05, 3.63) is 109 Å². The van der Waals surface area contributed by atoms with E-state index in [9.17, 15) is 14.0 Å². The number of halogens is 1. The largest absolute Gasteiger partial charge is 0.457 e. The summed E-state index contributed by atoms with van der Waals surface area (Å²) in [7, 11) is 0. The van der Waals surface area contributed by atoms with E-state index >= 15 is 0 Å². The predicted octanol–water partition coefficient (Wildman–Crippen LogP) is 3.99. The van der Waals surface area contributed by atoms with Gasteiger partial charge in [0.25, 0.3) is 11.1 Å². The summed E-state index contributed by atoms with van der Waals surface area (Å²) < 4.78 is 19.0. The van der Waals surface area contributed by atoms with Gasteiger partial charge in [-0.2, -0.15) is 0 Å². The van der Waals surface area contributed by atoms with Crippen LogP contribution in [0.15, 0.2) is 58.1 Å². The number of imidazole rings is 1. The van der Waals surface area contributed by atoms with Crippen molar-refractivity contribution in [1.82, 2.24) is 25.3 Å². The SMILES string of the molecule is CCC(c1nc(/C=c2\[nH]c(=O)/c(=C/c3cccc(Oc4ccc(F)cc4)c3)[nH]c2=O)c(C(C)C)[nH]1)C1CCCNC1. The molecule has 214 valence electrons. The van der Waals surface area contributed by atoms with Gasteiger partial charge >= 0.3 is 0 Å². The van der Waals surface area contributed by atoms with Gasteiger partial charge in [-0.3, -0.25) is 9.59 Å². The van der Waals surface area contributed by atoms with Gasteiger partial charge in [-0.15, -0.1) is 0 Å². The minimum Gasteiger partial charge on any atom is -0.457 e. The average Bonchev–Trinajstić information content (AvgIpc) is 3.37. The van der Waals surface area contributed by atoms with Crippen molar-refractivity contribution in [1.29, 1.82) is 0 Å². The van der Waals surface area contributed by atoms with E-state index in [4.69, 9.17) is 9.72 Å². The molecule has 4 aromatic rings. The molecule has 0 saturated carbocycles. The molecule has 0 amide bonds. The molecule has 1 saturated heterocycles. The first-order valence-electron chi connectivity index (χ1n) is 14.2. The fourth-order valence-electron chi connectivity index (χ4n) is 5.42. The van der Waals surface area contributed by atoms with Crippen molar-refractivity contribution >= 4 is 12.2 Å². The summed E-state index contributed by atoms with van der Waals surface area (Å²) in [6.07, 6.45) is 6.52. The Bertz CT molecular complexity index is 1730. The van der Waals surface area contributed by atoms with Crippen LogP contribution in [0, 0.1) is 11.7 Å². The number of hydrogen-bond acceptors (Lipinski definition) is 5. The first kappa shape index (κ1) is 28.3. The second-order valence-corrected chi connectivity index (χ2v) is 10.8. The van der Waals surface area contributed by atoms with Gasteiger partial charge < -0.3 is 25.0 Å². The molecule has 2 atom stereocenters. The molecule has 2 unspecified atom stereocenters. The summed E-state index contributed by atoms with van der Waals surface area (Å²) >= 11 is 0. The fourth-order valence-corrected chi connectivity index (χ4v) is 5.42. The maximum Gasteiger partial charge on any atom is 0.272 e. The number of H-pyrrole nitrogens is 3. The standard InChI is InChI=1S/C32H36FN5O3/c1-4-25(21-8-6-14-34-18-21)30-35-26(29(38-30)19(2)3)17-28-32(40)36-27(31(39)37-28)16-20-7-5-9-24(15-20)41-23-12-10-22(33)11-13-23/h5,7,9-13,15-17,19,21,25,34H,4,6,8,14,18H2,1-3H3,(H,35,38)(H,36,40)(H,37,39)/b27-16-,28-17-. The maximum absolute atomic E-state index is 13.2. The topological polar surface area (TPSA) is 116 Å². The van der Waals surface area contributed by atoms with E-state index in [2.05, 4.69) is 41.0 Å². The number of rotatable bonds is 8. The van der Waals surface area contributed by atoms with E-state index in [1.54, 1.807) is 36.4 Å². The van der Waals surface area contributed by atoms with Gasteiger partial charge in [0.2, 0.25) is 0 Å². The molecule has 2 aromatic heterocycles. The minimum atomic E-state index is -0.428. The van der Waals surface area contributed by atoms with Crippen LogP contribution in [0.3, 0.4) is 0 Å². The van der Waals surface area contributed by atoms with Crippen molar-refractivity contribution < 1.29 is 9.13 Å². The molecule has 0 spiro atoms. The Morgan fingerprint density at radius 3 is 2.39 bits per heavy atom. The van der Waals surface area contributed by atoms with Crippen molar-refractivity contribution in [2.45, 2.75) is 51.9 Å². The van der Waals surface area contributed by atoms with Gasteiger partial charge in [-0.25, -0.2) is 9.37 Å². The zero-order valence-corrected chi connectivity index (χ0v) is 23.6. The third kappa shape index (κ3) is 6.74. The highest BCUT2D eigenvalue weighted by Crippen LogP contribution is 2.32. The lowest BCUT2D eigenvalue weighted by atomic mass is 9.84. The summed E-state index contributed by atoms with van der Waals surface area (Å²) in [5.74, 6) is 2.54. The second-order valence-electron chi connectivity index (χ2n) is 10.8. The number of benzene rings is 2. The Morgan fingerprint density at radius 1 is 1.00 bits per heavy atom. The molecule has 8 nitrogen and oxygen atoms in total. The monoisotopic (exact) mass is 557 g/mol. The molecular formula is C32H36FN5O3. The molecule has 9 heteroatoms. The lowest BCUT2D eigenvalue weighted by molar-refractivity contribution is 0.309. The minimum absolute atomic E-state index is 0.119. The third-order valence-corrected chi connectivity index (χ3v) is 7.54. The van der Waals surface area contributed by atoms with E-state index in [0.717, 1.165) is 43.9 Å². The zero-order valence-electron chi connectivity index (χ0n) is 23.6. The second kappa shape index (κ2) is 12.5. The van der Waals surface area contributed by atoms with E-state index in [0.29, 0.717) is 34.6 Å². The number of aromatic amines is 3. The number of ether oxygens (including phenoxy) is 1. The van der Waals surface area contributed by atoms with Crippen molar-refractivity contribution in [2.75, 3.05) is 13.1 Å². The van der Waals surface area contributed by atoms with Gasteiger partial charge in [-0.05, 0) is 98.3 Å². The predicted molar refractivity (Wildman–Crippen MR) is 158 cm³/mol. The summed E-state index contributed by atoms with van der Waals surface area (Å²) in [6.45, 7) is 8.37. The number of nitrogens with zero attached hydrogens (tertiary/aromatic N) is 1. The Kier molecular flexibility index (Phi) is 8.64. The van der Waals surface area contributed by atoms with Gasteiger partial charge in [-0.1, -0.05) is 32.9 Å². The number of piperidine rings is 1. The van der Waals surface area contributed by atoms with Crippen LogP contribution in [0.2, 0.25) is 0 Å². The Morgan fingerprint density at radius 2 is 1.73 bits per heavy atom.